The number of carboxylic acids is 1. The minimum atomic E-state index is -3.91. The zero-order valence-corrected chi connectivity index (χ0v) is 14.5. The van der Waals surface area contributed by atoms with Gasteiger partial charge in [-0.2, -0.15) is 4.31 Å². The first kappa shape index (κ1) is 16.5. The maximum absolute atomic E-state index is 13.5. The number of benzene rings is 1. The number of sulfonamides is 1. The molecule has 7 heteroatoms. The van der Waals surface area contributed by atoms with Crippen molar-refractivity contribution in [1.29, 1.82) is 0 Å². The largest absolute Gasteiger partial charge is 0.480 e. The number of aliphatic carboxylic acids is 1. The van der Waals surface area contributed by atoms with Gasteiger partial charge >= 0.3 is 5.97 Å². The number of aromatic nitrogens is 1. The van der Waals surface area contributed by atoms with Crippen LogP contribution in [0.25, 0.3) is 10.8 Å². The molecule has 0 amide bonds. The summed E-state index contributed by atoms with van der Waals surface area (Å²) in [7, 11) is -3.91. The highest BCUT2D eigenvalue weighted by molar-refractivity contribution is 7.89. The molecule has 1 aromatic carbocycles. The van der Waals surface area contributed by atoms with Crippen molar-refractivity contribution >= 4 is 26.8 Å². The minimum absolute atomic E-state index is 0.140. The summed E-state index contributed by atoms with van der Waals surface area (Å²) in [6, 6.07) is 5.54. The van der Waals surface area contributed by atoms with Crippen LogP contribution in [0.5, 0.6) is 0 Å². The summed E-state index contributed by atoms with van der Waals surface area (Å²) in [6.07, 6.45) is 7.21. The maximum atomic E-state index is 13.5. The number of hydrogen-bond acceptors (Lipinski definition) is 4. The molecule has 4 rings (SSSR count). The SMILES string of the molecule is O=C(O)C1CC2CCCCC2N1S(=O)(=O)c1cccc2cnccc12. The van der Waals surface area contributed by atoms with Crippen molar-refractivity contribution in [2.24, 2.45) is 5.92 Å². The molecule has 6 nitrogen and oxygen atoms in total. The monoisotopic (exact) mass is 360 g/mol. The van der Waals surface area contributed by atoms with Gasteiger partial charge in [0.2, 0.25) is 10.0 Å². The Hall–Kier alpha value is -1.99. The van der Waals surface area contributed by atoms with Crippen molar-refractivity contribution in [2.45, 2.75) is 49.1 Å². The van der Waals surface area contributed by atoms with E-state index in [0.29, 0.717) is 11.8 Å². The quantitative estimate of drug-likeness (QED) is 0.909. The zero-order valence-electron chi connectivity index (χ0n) is 13.7. The van der Waals surface area contributed by atoms with E-state index >= 15 is 0 Å². The normalized spacial score (nSPS) is 27.3. The molecule has 1 aliphatic heterocycles. The Labute approximate surface area is 146 Å². The molecule has 0 bridgehead atoms. The average molecular weight is 360 g/mol. The van der Waals surface area contributed by atoms with E-state index in [-0.39, 0.29) is 16.9 Å². The summed E-state index contributed by atoms with van der Waals surface area (Å²) >= 11 is 0. The molecule has 3 unspecified atom stereocenters. The van der Waals surface area contributed by atoms with Crippen LogP contribution in [-0.4, -0.2) is 40.9 Å². The molecule has 132 valence electrons. The van der Waals surface area contributed by atoms with Crippen LogP contribution in [0.4, 0.5) is 0 Å². The average Bonchev–Trinajstić information content (AvgIpc) is 3.02. The van der Waals surface area contributed by atoms with E-state index < -0.39 is 22.0 Å². The van der Waals surface area contributed by atoms with Gasteiger partial charge in [-0.3, -0.25) is 9.78 Å². The third-order valence-corrected chi connectivity index (χ3v) is 7.50. The molecule has 0 spiro atoms. The standard InChI is InChI=1S/C18H20N2O4S/c21-18(22)16-10-12-4-1-2-6-15(12)20(16)25(23,24)17-7-3-5-13-11-19-9-8-14(13)17/h3,5,7-9,11-12,15-16H,1-2,4,6,10H2,(H,21,22). The van der Waals surface area contributed by atoms with Crippen LogP contribution in [0.15, 0.2) is 41.6 Å². The van der Waals surface area contributed by atoms with E-state index in [1.807, 2.05) is 6.07 Å². The van der Waals surface area contributed by atoms with E-state index in [1.165, 1.54) is 4.31 Å². The molecule has 1 aliphatic carbocycles. The van der Waals surface area contributed by atoms with Crippen molar-refractivity contribution in [3.8, 4) is 0 Å². The lowest BCUT2D eigenvalue weighted by Gasteiger charge is -2.32. The third kappa shape index (κ3) is 2.62. The lowest BCUT2D eigenvalue weighted by atomic mass is 9.85. The first-order valence-electron chi connectivity index (χ1n) is 8.59. The zero-order chi connectivity index (χ0) is 17.6. The number of pyridine rings is 1. The van der Waals surface area contributed by atoms with Gasteiger partial charge in [-0.05, 0) is 37.3 Å². The van der Waals surface area contributed by atoms with E-state index in [0.717, 1.165) is 31.1 Å². The topological polar surface area (TPSA) is 87.6 Å². The minimum Gasteiger partial charge on any atom is -0.480 e. The van der Waals surface area contributed by atoms with Crippen LogP contribution in [0, 0.1) is 5.92 Å². The lowest BCUT2D eigenvalue weighted by molar-refractivity contribution is -0.141. The van der Waals surface area contributed by atoms with E-state index in [9.17, 15) is 18.3 Å². The fourth-order valence-electron chi connectivity index (χ4n) is 4.41. The lowest BCUT2D eigenvalue weighted by Crippen LogP contribution is -2.46. The molecular formula is C18H20N2O4S. The first-order chi connectivity index (χ1) is 12.0. The number of carbonyl (C=O) groups is 1. The molecule has 2 heterocycles. The third-order valence-electron chi connectivity index (χ3n) is 5.51. The molecule has 1 N–H and O–H groups in total. The summed E-state index contributed by atoms with van der Waals surface area (Å²) in [5.74, 6) is -0.916. The van der Waals surface area contributed by atoms with Crippen LogP contribution in [0.1, 0.15) is 32.1 Å². The van der Waals surface area contributed by atoms with Crippen molar-refractivity contribution < 1.29 is 18.3 Å². The molecule has 1 aromatic heterocycles. The molecule has 2 aliphatic rings. The summed E-state index contributed by atoms with van der Waals surface area (Å²) in [5, 5.41) is 11.0. The van der Waals surface area contributed by atoms with Crippen LogP contribution in [0.2, 0.25) is 0 Å². The molecule has 1 saturated carbocycles. The van der Waals surface area contributed by atoms with Gasteiger partial charge in [0.25, 0.3) is 0 Å². The first-order valence-corrected chi connectivity index (χ1v) is 10.0. The summed E-state index contributed by atoms with van der Waals surface area (Å²) in [5.41, 5.74) is 0. The summed E-state index contributed by atoms with van der Waals surface area (Å²) in [4.78, 5) is 16.0. The number of carboxylic acid groups (broad SMARTS) is 1. The van der Waals surface area contributed by atoms with E-state index in [4.69, 9.17) is 0 Å². The molecule has 2 fully saturated rings. The fourth-order valence-corrected chi connectivity index (χ4v) is 6.49. The summed E-state index contributed by atoms with van der Waals surface area (Å²) < 4.78 is 28.2. The smallest absolute Gasteiger partial charge is 0.322 e. The fraction of sp³-hybridized carbons (Fsp3) is 0.444. The molecule has 0 radical (unpaired) electrons. The van der Waals surface area contributed by atoms with Crippen molar-refractivity contribution in [1.82, 2.24) is 9.29 Å². The van der Waals surface area contributed by atoms with Gasteiger partial charge in [0, 0.05) is 29.2 Å². The molecule has 1 saturated heterocycles. The van der Waals surface area contributed by atoms with Crippen LogP contribution < -0.4 is 0 Å². The van der Waals surface area contributed by atoms with Crippen molar-refractivity contribution in [3.63, 3.8) is 0 Å². The van der Waals surface area contributed by atoms with Crippen LogP contribution in [-0.2, 0) is 14.8 Å². The second kappa shape index (κ2) is 6.07. The van der Waals surface area contributed by atoms with Gasteiger partial charge in [0.15, 0.2) is 0 Å². The summed E-state index contributed by atoms with van der Waals surface area (Å²) in [6.45, 7) is 0. The number of fused-ring (bicyclic) bond motifs is 2. The van der Waals surface area contributed by atoms with Gasteiger partial charge in [0.05, 0.1) is 4.90 Å². The molecular weight excluding hydrogens is 340 g/mol. The maximum Gasteiger partial charge on any atom is 0.322 e. The Morgan fingerprint density at radius 3 is 2.80 bits per heavy atom. The van der Waals surface area contributed by atoms with Gasteiger partial charge in [-0.25, -0.2) is 8.42 Å². The molecule has 25 heavy (non-hydrogen) atoms. The Morgan fingerprint density at radius 2 is 2.00 bits per heavy atom. The predicted octanol–water partition coefficient (Wildman–Crippen LogP) is 2.64. The van der Waals surface area contributed by atoms with Crippen LogP contribution >= 0.6 is 0 Å². The Balaban J connectivity index is 1.86. The highest BCUT2D eigenvalue weighted by atomic mass is 32.2. The number of hydrogen-bond donors (Lipinski definition) is 1. The van der Waals surface area contributed by atoms with E-state index in [1.54, 1.807) is 30.6 Å². The van der Waals surface area contributed by atoms with Crippen LogP contribution in [0.3, 0.4) is 0 Å². The molecule has 3 atom stereocenters. The Kier molecular flexibility index (Phi) is 4.00. The number of nitrogens with zero attached hydrogens (tertiary/aromatic N) is 2. The highest BCUT2D eigenvalue weighted by Gasteiger charge is 2.51. The molecule has 2 aromatic rings. The van der Waals surface area contributed by atoms with E-state index in [2.05, 4.69) is 4.98 Å². The Morgan fingerprint density at radius 1 is 1.20 bits per heavy atom. The van der Waals surface area contributed by atoms with Gasteiger partial charge in [-0.1, -0.05) is 25.0 Å². The predicted molar refractivity (Wildman–Crippen MR) is 92.6 cm³/mol. The van der Waals surface area contributed by atoms with Gasteiger partial charge in [-0.15, -0.1) is 0 Å². The van der Waals surface area contributed by atoms with Gasteiger partial charge < -0.3 is 5.11 Å². The Bertz CT molecular complexity index is 922. The number of rotatable bonds is 3. The van der Waals surface area contributed by atoms with Crippen molar-refractivity contribution in [2.75, 3.05) is 0 Å². The van der Waals surface area contributed by atoms with Crippen molar-refractivity contribution in [3.05, 3.63) is 36.7 Å². The second-order valence-corrected chi connectivity index (χ2v) is 8.70. The second-order valence-electron chi connectivity index (χ2n) is 6.89. The van der Waals surface area contributed by atoms with Gasteiger partial charge in [0.1, 0.15) is 6.04 Å². The highest BCUT2D eigenvalue weighted by Crippen LogP contribution is 2.43.